The third kappa shape index (κ3) is 4.18. The quantitative estimate of drug-likeness (QED) is 0.595. The normalized spacial score (nSPS) is 27.3. The molecule has 3 aliphatic rings. The van der Waals surface area contributed by atoms with E-state index < -0.39 is 0 Å². The van der Waals surface area contributed by atoms with Crippen molar-refractivity contribution in [1.82, 2.24) is 14.7 Å². The smallest absolute Gasteiger partial charge is 0.0701 e. The van der Waals surface area contributed by atoms with Crippen molar-refractivity contribution in [2.75, 3.05) is 40.5 Å². The molecule has 0 unspecified atom stereocenters. The molecule has 2 heterocycles. The van der Waals surface area contributed by atoms with Crippen LogP contribution in [0.2, 0.25) is 0 Å². The summed E-state index contributed by atoms with van der Waals surface area (Å²) in [5.41, 5.74) is 6.19. The van der Waals surface area contributed by atoms with E-state index in [0.717, 1.165) is 18.5 Å². The lowest BCUT2D eigenvalue weighted by atomic mass is 9.52. The van der Waals surface area contributed by atoms with Crippen molar-refractivity contribution in [3.8, 4) is 11.1 Å². The third-order valence-electron chi connectivity index (χ3n) is 7.98. The number of nitrogens with zero attached hydrogens (tertiary/aromatic N) is 3. The predicted molar refractivity (Wildman–Crippen MR) is 126 cm³/mol. The lowest BCUT2D eigenvalue weighted by Crippen LogP contribution is -2.59. The highest BCUT2D eigenvalue weighted by Crippen LogP contribution is 2.55. The summed E-state index contributed by atoms with van der Waals surface area (Å²) in [4.78, 5) is 2.64. The molecular weight excluding hydrogens is 410 g/mol. The lowest BCUT2D eigenvalue weighted by molar-refractivity contribution is 0.00290. The summed E-state index contributed by atoms with van der Waals surface area (Å²) in [6.45, 7) is 3.95. The molecule has 31 heavy (non-hydrogen) atoms. The van der Waals surface area contributed by atoms with Gasteiger partial charge in [-0.25, -0.2) is 0 Å². The fourth-order valence-corrected chi connectivity index (χ4v) is 6.41. The average molecular weight is 446 g/mol. The number of methoxy groups -OCH3 is 1. The van der Waals surface area contributed by atoms with Crippen LogP contribution in [0.4, 0.5) is 0 Å². The third-order valence-corrected chi connectivity index (χ3v) is 7.98. The maximum atomic E-state index is 5.59. The fourth-order valence-electron chi connectivity index (χ4n) is 6.41. The Labute approximate surface area is 192 Å². The number of halogens is 1. The first-order chi connectivity index (χ1) is 14.7. The molecule has 2 fully saturated rings. The minimum atomic E-state index is 0. The zero-order valence-electron chi connectivity index (χ0n) is 18.9. The Hall–Kier alpha value is -1.40. The van der Waals surface area contributed by atoms with E-state index in [4.69, 9.17) is 9.47 Å². The van der Waals surface area contributed by atoms with E-state index >= 15 is 0 Å². The summed E-state index contributed by atoms with van der Waals surface area (Å²) in [5, 5.41) is 4.57. The lowest BCUT2D eigenvalue weighted by Gasteiger charge is -2.58. The van der Waals surface area contributed by atoms with Crippen molar-refractivity contribution in [1.29, 1.82) is 0 Å². The Bertz CT molecular complexity index is 885. The Morgan fingerprint density at radius 1 is 1.13 bits per heavy atom. The van der Waals surface area contributed by atoms with Gasteiger partial charge in [0.25, 0.3) is 0 Å². The van der Waals surface area contributed by atoms with Crippen LogP contribution in [0.1, 0.15) is 43.2 Å². The van der Waals surface area contributed by atoms with E-state index in [2.05, 4.69) is 41.4 Å². The molecule has 5 rings (SSSR count). The maximum absolute atomic E-state index is 5.59. The van der Waals surface area contributed by atoms with Gasteiger partial charge in [0.1, 0.15) is 0 Å². The van der Waals surface area contributed by atoms with Gasteiger partial charge < -0.3 is 14.4 Å². The number of piperidine rings is 1. The van der Waals surface area contributed by atoms with Crippen LogP contribution in [0.15, 0.2) is 30.6 Å². The highest BCUT2D eigenvalue weighted by molar-refractivity contribution is 5.85. The van der Waals surface area contributed by atoms with Crippen LogP contribution < -0.4 is 0 Å². The second kappa shape index (κ2) is 9.62. The summed E-state index contributed by atoms with van der Waals surface area (Å²) in [5.74, 6) is 0.833. The second-order valence-corrected chi connectivity index (χ2v) is 9.48. The van der Waals surface area contributed by atoms with Crippen LogP contribution >= 0.6 is 12.4 Å². The number of hydrogen-bond donors (Lipinski definition) is 0. The number of ether oxygens (including phenoxy) is 2. The molecule has 1 aromatic heterocycles. The molecule has 3 atom stereocenters. The van der Waals surface area contributed by atoms with Crippen LogP contribution in [0.25, 0.3) is 11.1 Å². The number of rotatable bonds is 7. The molecule has 0 radical (unpaired) electrons. The molecule has 1 aromatic carbocycles. The summed E-state index contributed by atoms with van der Waals surface area (Å²) in [6, 6.07) is 7.98. The molecule has 6 heteroatoms. The Kier molecular flexibility index (Phi) is 7.07. The Morgan fingerprint density at radius 2 is 2.03 bits per heavy atom. The van der Waals surface area contributed by atoms with Crippen LogP contribution in [0, 0.1) is 5.92 Å². The van der Waals surface area contributed by atoms with Gasteiger partial charge in [-0.3, -0.25) is 4.68 Å². The standard InChI is InChI=1S/C25H35N3O2.ClH/c1-27-10-9-25-8-4-3-5-22(25)24(27)16-20-7-6-19(15-23(20)25)21-17-26-28(18-21)11-12-30-14-13-29-2;/h6-7,15,17-18,22,24H,3-5,8-14,16H2,1-2H3;1H/t22-,24+,25+;/m0./s1. The largest absolute Gasteiger partial charge is 0.382 e. The van der Waals surface area contributed by atoms with Crippen molar-refractivity contribution in [2.45, 2.75) is 56.5 Å². The van der Waals surface area contributed by atoms with Gasteiger partial charge in [-0.05, 0) is 61.9 Å². The Morgan fingerprint density at radius 3 is 2.90 bits per heavy atom. The molecule has 1 aliphatic heterocycles. The molecule has 5 nitrogen and oxygen atoms in total. The van der Waals surface area contributed by atoms with Gasteiger partial charge in [0.05, 0.1) is 32.6 Å². The summed E-state index contributed by atoms with van der Waals surface area (Å²) in [6.07, 6.45) is 12.3. The molecule has 0 N–H and O–H groups in total. The molecule has 2 aliphatic carbocycles. The first-order valence-corrected chi connectivity index (χ1v) is 11.6. The minimum Gasteiger partial charge on any atom is -0.382 e. The summed E-state index contributed by atoms with van der Waals surface area (Å²) < 4.78 is 12.6. The van der Waals surface area contributed by atoms with Crippen LogP contribution in [0.3, 0.4) is 0 Å². The molecule has 1 saturated heterocycles. The van der Waals surface area contributed by atoms with E-state index in [-0.39, 0.29) is 12.4 Å². The van der Waals surface area contributed by atoms with E-state index in [0.29, 0.717) is 25.2 Å². The van der Waals surface area contributed by atoms with E-state index in [1.807, 2.05) is 10.9 Å². The number of fused-ring (bicyclic) bond motifs is 1. The van der Waals surface area contributed by atoms with Crippen molar-refractivity contribution >= 4 is 12.4 Å². The average Bonchev–Trinajstić information content (AvgIpc) is 3.25. The van der Waals surface area contributed by atoms with E-state index in [9.17, 15) is 0 Å². The number of likely N-dealkylation sites (tertiary alicyclic amines) is 1. The minimum absolute atomic E-state index is 0. The fraction of sp³-hybridized carbons (Fsp3) is 0.640. The topological polar surface area (TPSA) is 39.5 Å². The zero-order chi connectivity index (χ0) is 20.6. The number of hydrogen-bond acceptors (Lipinski definition) is 4. The predicted octanol–water partition coefficient (Wildman–Crippen LogP) is 4.32. The van der Waals surface area contributed by atoms with Crippen LogP contribution in [-0.4, -0.2) is 61.2 Å². The number of likely N-dealkylation sites (N-methyl/N-ethyl adjacent to an activating group) is 1. The molecule has 0 spiro atoms. The summed E-state index contributed by atoms with van der Waals surface area (Å²) >= 11 is 0. The van der Waals surface area contributed by atoms with Gasteiger partial charge in [0.2, 0.25) is 0 Å². The molecule has 1 saturated carbocycles. The zero-order valence-corrected chi connectivity index (χ0v) is 19.7. The molecule has 2 bridgehead atoms. The van der Waals surface area contributed by atoms with Gasteiger partial charge in [-0.2, -0.15) is 5.10 Å². The SMILES string of the molecule is COCCOCCn1cc(-c2ccc3c(c2)[C@@]24CCCC[C@H]2[C@@H](C3)N(C)CC4)cn1.Cl. The maximum Gasteiger partial charge on any atom is 0.0701 e. The van der Waals surface area contributed by atoms with Crippen molar-refractivity contribution in [2.24, 2.45) is 5.92 Å². The highest BCUT2D eigenvalue weighted by Gasteiger charge is 2.52. The number of aromatic nitrogens is 2. The second-order valence-electron chi connectivity index (χ2n) is 9.48. The first kappa shape index (κ1) is 22.8. The van der Waals surface area contributed by atoms with Gasteiger partial charge in [-0.1, -0.05) is 31.0 Å². The molecule has 0 amide bonds. The summed E-state index contributed by atoms with van der Waals surface area (Å²) in [7, 11) is 4.04. The number of benzene rings is 1. The van der Waals surface area contributed by atoms with Gasteiger partial charge >= 0.3 is 0 Å². The highest BCUT2D eigenvalue weighted by atomic mass is 35.5. The van der Waals surface area contributed by atoms with E-state index in [1.165, 1.54) is 56.2 Å². The molecular formula is C25H36ClN3O2. The van der Waals surface area contributed by atoms with Crippen LogP contribution in [0.5, 0.6) is 0 Å². The Balaban J connectivity index is 0.00000231. The van der Waals surface area contributed by atoms with Gasteiger partial charge in [0.15, 0.2) is 0 Å². The first-order valence-electron chi connectivity index (χ1n) is 11.6. The molecule has 2 aromatic rings. The van der Waals surface area contributed by atoms with Crippen LogP contribution in [-0.2, 0) is 27.9 Å². The monoisotopic (exact) mass is 445 g/mol. The van der Waals surface area contributed by atoms with Crippen molar-refractivity contribution in [3.05, 3.63) is 41.7 Å². The van der Waals surface area contributed by atoms with Gasteiger partial charge in [0, 0.05) is 30.3 Å². The van der Waals surface area contributed by atoms with Gasteiger partial charge in [-0.15, -0.1) is 12.4 Å². The van der Waals surface area contributed by atoms with E-state index in [1.54, 1.807) is 18.2 Å². The van der Waals surface area contributed by atoms with Crippen molar-refractivity contribution in [3.63, 3.8) is 0 Å². The van der Waals surface area contributed by atoms with Crippen molar-refractivity contribution < 1.29 is 9.47 Å². The molecule has 170 valence electrons.